The van der Waals surface area contributed by atoms with Crippen LogP contribution < -0.4 is 5.11 Å². The van der Waals surface area contributed by atoms with Crippen LogP contribution in [0.25, 0.3) is 0 Å². The zero-order chi connectivity index (χ0) is 30.8. The van der Waals surface area contributed by atoms with Crippen LogP contribution in [-0.4, -0.2) is 75.5 Å². The molecule has 0 aromatic heterocycles. The Labute approximate surface area is 250 Å². The number of hydrogen-bond acceptors (Lipinski definition) is 7. The Balaban J connectivity index is 4.15. The van der Waals surface area contributed by atoms with E-state index >= 15 is 0 Å². The van der Waals surface area contributed by atoms with Crippen molar-refractivity contribution in [3.05, 3.63) is 12.2 Å². The summed E-state index contributed by atoms with van der Waals surface area (Å²) in [5.74, 6) is -1.81. The second-order valence-electron chi connectivity index (χ2n) is 12.0. The van der Waals surface area contributed by atoms with E-state index < -0.39 is 18.1 Å². The number of hydrogen-bond donors (Lipinski definition) is 0. The lowest BCUT2D eigenvalue weighted by molar-refractivity contribution is -0.889. The van der Waals surface area contributed by atoms with Gasteiger partial charge in [-0.3, -0.25) is 9.59 Å². The molecule has 0 bridgehead atoms. The molecule has 0 aromatic rings. The van der Waals surface area contributed by atoms with Crippen molar-refractivity contribution in [2.45, 2.75) is 142 Å². The number of allylic oxidation sites excluding steroid dienone is 2. The molecule has 8 heteroatoms. The van der Waals surface area contributed by atoms with Crippen LogP contribution in [0.4, 0.5) is 0 Å². The van der Waals surface area contributed by atoms with E-state index in [2.05, 4.69) is 19.1 Å². The SMILES string of the molecule is CCCCCCCCC/C=C\CCCCCCCC(=O)OC(COCCC(C(=O)[O-])[N+](C)(C)C)COC(=O)CCC. The molecule has 0 aliphatic carbocycles. The zero-order valence-corrected chi connectivity index (χ0v) is 27.0. The summed E-state index contributed by atoms with van der Waals surface area (Å²) < 4.78 is 16.6. The van der Waals surface area contributed by atoms with E-state index in [0.29, 0.717) is 19.3 Å². The summed E-state index contributed by atoms with van der Waals surface area (Å²) in [7, 11) is 5.36. The Morgan fingerprint density at radius 3 is 1.80 bits per heavy atom. The van der Waals surface area contributed by atoms with E-state index in [1.54, 1.807) is 21.1 Å². The highest BCUT2D eigenvalue weighted by atomic mass is 16.6. The van der Waals surface area contributed by atoms with Gasteiger partial charge in [0.2, 0.25) is 0 Å². The summed E-state index contributed by atoms with van der Waals surface area (Å²) in [6.07, 6.45) is 22.4. The summed E-state index contributed by atoms with van der Waals surface area (Å²) >= 11 is 0. The number of ether oxygens (including phenoxy) is 3. The monoisotopic (exact) mass is 583 g/mol. The Bertz CT molecular complexity index is 702. The molecular formula is C33H61NO7. The lowest BCUT2D eigenvalue weighted by atomic mass is 10.1. The molecule has 0 aliphatic rings. The third-order valence-electron chi connectivity index (χ3n) is 7.12. The molecule has 0 radical (unpaired) electrons. The van der Waals surface area contributed by atoms with Gasteiger partial charge in [-0.25, -0.2) is 0 Å². The quantitative estimate of drug-likeness (QED) is 0.0489. The van der Waals surface area contributed by atoms with E-state index in [-0.39, 0.29) is 42.7 Å². The molecule has 0 spiro atoms. The Hall–Kier alpha value is -1.93. The number of likely N-dealkylation sites (N-methyl/N-ethyl adjacent to an activating group) is 1. The number of carbonyl (C=O) groups excluding carboxylic acids is 3. The van der Waals surface area contributed by atoms with Crippen LogP contribution in [-0.2, 0) is 28.6 Å². The number of quaternary nitrogens is 1. The van der Waals surface area contributed by atoms with Crippen molar-refractivity contribution in [1.82, 2.24) is 0 Å². The molecule has 240 valence electrons. The lowest BCUT2D eigenvalue weighted by Crippen LogP contribution is -2.55. The maximum atomic E-state index is 12.4. The number of esters is 2. The molecule has 2 unspecified atom stereocenters. The van der Waals surface area contributed by atoms with Gasteiger partial charge < -0.3 is 28.6 Å². The van der Waals surface area contributed by atoms with Crippen LogP contribution in [0, 0.1) is 0 Å². The van der Waals surface area contributed by atoms with Gasteiger partial charge >= 0.3 is 11.9 Å². The predicted octanol–water partition coefficient (Wildman–Crippen LogP) is 5.90. The molecular weight excluding hydrogens is 522 g/mol. The standard InChI is InChI=1S/C33H61NO7/c1-6-8-9-10-11-12-13-14-15-16-17-18-19-20-21-22-24-32(36)41-29(28-40-31(35)23-7-2)27-39-26-25-30(33(37)38)34(3,4)5/h15-16,29-30H,6-14,17-28H2,1-5H3/b16-15-. The highest BCUT2D eigenvalue weighted by Crippen LogP contribution is 2.12. The molecule has 0 saturated carbocycles. The van der Waals surface area contributed by atoms with E-state index in [9.17, 15) is 19.5 Å². The van der Waals surface area contributed by atoms with E-state index in [1.165, 1.54) is 57.8 Å². The average Bonchev–Trinajstić information content (AvgIpc) is 2.90. The van der Waals surface area contributed by atoms with Gasteiger partial charge in [-0.2, -0.15) is 0 Å². The summed E-state index contributed by atoms with van der Waals surface area (Å²) in [6, 6.07) is -0.718. The minimum absolute atomic E-state index is 0.0362. The fourth-order valence-electron chi connectivity index (χ4n) is 4.57. The first-order valence-corrected chi connectivity index (χ1v) is 16.2. The molecule has 0 heterocycles. The molecule has 0 aromatic carbocycles. The molecule has 0 fully saturated rings. The fraction of sp³-hybridized carbons (Fsp3) is 0.848. The zero-order valence-electron chi connectivity index (χ0n) is 27.0. The van der Waals surface area contributed by atoms with Gasteiger partial charge in [0.05, 0.1) is 40.3 Å². The van der Waals surface area contributed by atoms with Crippen molar-refractivity contribution in [2.24, 2.45) is 0 Å². The second kappa shape index (κ2) is 25.8. The maximum absolute atomic E-state index is 12.4. The van der Waals surface area contributed by atoms with Crippen LogP contribution in [0.5, 0.6) is 0 Å². The Kier molecular flexibility index (Phi) is 24.5. The van der Waals surface area contributed by atoms with Crippen molar-refractivity contribution in [3.8, 4) is 0 Å². The number of nitrogens with zero attached hydrogens (tertiary/aromatic N) is 1. The van der Waals surface area contributed by atoms with E-state index in [4.69, 9.17) is 14.2 Å². The smallest absolute Gasteiger partial charge is 0.306 e. The van der Waals surface area contributed by atoms with Gasteiger partial charge in [0.15, 0.2) is 6.10 Å². The number of aliphatic carboxylic acids is 1. The highest BCUT2D eigenvalue weighted by Gasteiger charge is 2.25. The number of carbonyl (C=O) groups is 3. The second-order valence-corrected chi connectivity index (χ2v) is 12.0. The molecule has 0 saturated heterocycles. The molecule has 0 rings (SSSR count). The van der Waals surface area contributed by atoms with E-state index in [0.717, 1.165) is 32.1 Å². The lowest BCUT2D eigenvalue weighted by Gasteiger charge is -2.34. The fourth-order valence-corrected chi connectivity index (χ4v) is 4.57. The molecule has 41 heavy (non-hydrogen) atoms. The van der Waals surface area contributed by atoms with Crippen molar-refractivity contribution < 1.29 is 38.2 Å². The largest absolute Gasteiger partial charge is 0.544 e. The van der Waals surface area contributed by atoms with Gasteiger partial charge in [0.25, 0.3) is 0 Å². The van der Waals surface area contributed by atoms with Crippen LogP contribution in [0.3, 0.4) is 0 Å². The van der Waals surface area contributed by atoms with Gasteiger partial charge in [-0.15, -0.1) is 0 Å². The van der Waals surface area contributed by atoms with Crippen molar-refractivity contribution in [2.75, 3.05) is 41.0 Å². The summed E-state index contributed by atoms with van der Waals surface area (Å²) in [4.78, 5) is 35.6. The predicted molar refractivity (Wildman–Crippen MR) is 162 cm³/mol. The summed E-state index contributed by atoms with van der Waals surface area (Å²) in [5, 5.41) is 11.4. The number of carboxylic acid groups (broad SMARTS) is 1. The number of unbranched alkanes of at least 4 members (excludes halogenated alkanes) is 12. The first-order valence-electron chi connectivity index (χ1n) is 16.2. The number of carboxylic acids is 1. The maximum Gasteiger partial charge on any atom is 0.306 e. The third kappa shape index (κ3) is 24.4. The minimum Gasteiger partial charge on any atom is -0.544 e. The normalized spacial score (nSPS) is 13.3. The van der Waals surface area contributed by atoms with Gasteiger partial charge in [0, 0.05) is 19.3 Å². The van der Waals surface area contributed by atoms with E-state index in [1.807, 2.05) is 6.92 Å². The third-order valence-corrected chi connectivity index (χ3v) is 7.12. The summed E-state index contributed by atoms with van der Waals surface area (Å²) in [6.45, 7) is 4.27. The van der Waals surface area contributed by atoms with Crippen molar-refractivity contribution in [1.29, 1.82) is 0 Å². The number of rotatable bonds is 28. The van der Waals surface area contributed by atoms with Crippen LogP contribution >= 0.6 is 0 Å². The van der Waals surface area contributed by atoms with Crippen molar-refractivity contribution >= 4 is 17.9 Å². The van der Waals surface area contributed by atoms with Gasteiger partial charge in [-0.05, 0) is 38.5 Å². The van der Waals surface area contributed by atoms with Crippen LogP contribution in [0.1, 0.15) is 129 Å². The van der Waals surface area contributed by atoms with Crippen molar-refractivity contribution in [3.63, 3.8) is 0 Å². The summed E-state index contributed by atoms with van der Waals surface area (Å²) in [5.41, 5.74) is 0. The highest BCUT2D eigenvalue weighted by molar-refractivity contribution is 5.70. The van der Waals surface area contributed by atoms with Gasteiger partial charge in [-0.1, -0.05) is 83.8 Å². The topological polar surface area (TPSA) is 102 Å². The Morgan fingerprint density at radius 1 is 0.707 bits per heavy atom. The molecule has 0 amide bonds. The molecule has 8 nitrogen and oxygen atoms in total. The Morgan fingerprint density at radius 2 is 1.27 bits per heavy atom. The average molecular weight is 584 g/mol. The molecule has 2 atom stereocenters. The first-order chi connectivity index (χ1) is 19.6. The van der Waals surface area contributed by atoms with Crippen LogP contribution in [0.15, 0.2) is 12.2 Å². The molecule has 0 aliphatic heterocycles. The van der Waals surface area contributed by atoms with Crippen LogP contribution in [0.2, 0.25) is 0 Å². The molecule has 0 N–H and O–H groups in total. The van der Waals surface area contributed by atoms with Gasteiger partial charge in [0.1, 0.15) is 12.6 Å². The first kappa shape index (κ1) is 39.1. The minimum atomic E-state index is -1.13.